The third-order valence-electron chi connectivity index (χ3n) is 4.37. The van der Waals surface area contributed by atoms with E-state index in [-0.39, 0.29) is 17.4 Å². The lowest BCUT2D eigenvalue weighted by Gasteiger charge is -2.24. The molecule has 2 aromatic rings. The second-order valence-corrected chi connectivity index (χ2v) is 5.94. The van der Waals surface area contributed by atoms with Crippen LogP contribution >= 0.6 is 0 Å². The number of methoxy groups -OCH3 is 1. The molecular weight excluding hydrogens is 320 g/mol. The number of Topliss-reactive ketones (excluding diaryl/α,β-unsaturated/α-hetero) is 1. The second-order valence-electron chi connectivity index (χ2n) is 5.94. The van der Waals surface area contributed by atoms with Crippen molar-refractivity contribution < 1.29 is 19.1 Å². The summed E-state index contributed by atoms with van der Waals surface area (Å²) >= 11 is 0. The maximum atomic E-state index is 12.9. The predicted octanol–water partition coefficient (Wildman–Crippen LogP) is 2.76. The SMILES string of the molecule is COC(=O)c1[nH]c(C)c(C(=O)C(C)N(C)C(=O)c2ccccc2)c1C. The highest BCUT2D eigenvalue weighted by atomic mass is 16.5. The van der Waals surface area contributed by atoms with Crippen LogP contribution in [0.5, 0.6) is 0 Å². The Balaban J connectivity index is 2.30. The second kappa shape index (κ2) is 7.34. The Kier molecular flexibility index (Phi) is 5.41. The van der Waals surface area contributed by atoms with Crippen LogP contribution in [0, 0.1) is 13.8 Å². The number of esters is 1. The fraction of sp³-hybridized carbons (Fsp3) is 0.316. The average molecular weight is 342 g/mol. The molecular formula is C19H22N2O4. The van der Waals surface area contributed by atoms with Crippen molar-refractivity contribution in [3.05, 3.63) is 58.4 Å². The molecule has 1 aromatic carbocycles. The summed E-state index contributed by atoms with van der Waals surface area (Å²) < 4.78 is 4.72. The Hall–Kier alpha value is -2.89. The van der Waals surface area contributed by atoms with E-state index in [1.54, 1.807) is 52.1 Å². The number of hydrogen-bond acceptors (Lipinski definition) is 4. The van der Waals surface area contributed by atoms with Crippen molar-refractivity contribution in [2.24, 2.45) is 0 Å². The zero-order chi connectivity index (χ0) is 18.7. The van der Waals surface area contributed by atoms with Gasteiger partial charge < -0.3 is 14.6 Å². The van der Waals surface area contributed by atoms with Crippen LogP contribution in [0.25, 0.3) is 0 Å². The van der Waals surface area contributed by atoms with Crippen molar-refractivity contribution in [3.63, 3.8) is 0 Å². The van der Waals surface area contributed by atoms with Crippen molar-refractivity contribution in [2.75, 3.05) is 14.2 Å². The first-order valence-electron chi connectivity index (χ1n) is 7.93. The van der Waals surface area contributed by atoms with E-state index in [0.717, 1.165) is 0 Å². The van der Waals surface area contributed by atoms with Gasteiger partial charge in [-0.25, -0.2) is 4.79 Å². The third kappa shape index (κ3) is 3.47. The fourth-order valence-corrected chi connectivity index (χ4v) is 2.77. The normalized spacial score (nSPS) is 11.7. The van der Waals surface area contributed by atoms with E-state index in [4.69, 9.17) is 4.74 Å². The number of ether oxygens (including phenoxy) is 1. The van der Waals surface area contributed by atoms with E-state index in [2.05, 4.69) is 4.98 Å². The Bertz CT molecular complexity index is 808. The Labute approximate surface area is 146 Å². The molecule has 6 heteroatoms. The maximum absolute atomic E-state index is 12.9. The number of carbonyl (C=O) groups is 3. The number of aromatic nitrogens is 1. The summed E-state index contributed by atoms with van der Waals surface area (Å²) in [5.41, 5.74) is 2.30. The van der Waals surface area contributed by atoms with Crippen LogP contribution in [-0.4, -0.2) is 47.7 Å². The molecule has 0 bridgehead atoms. The number of nitrogens with zero attached hydrogens (tertiary/aromatic N) is 1. The highest BCUT2D eigenvalue weighted by Crippen LogP contribution is 2.22. The van der Waals surface area contributed by atoms with Gasteiger partial charge in [-0.1, -0.05) is 18.2 Å². The van der Waals surface area contributed by atoms with Crippen LogP contribution < -0.4 is 0 Å². The number of H-pyrrole nitrogens is 1. The molecule has 25 heavy (non-hydrogen) atoms. The van der Waals surface area contributed by atoms with Gasteiger partial charge in [0.15, 0.2) is 5.78 Å². The first kappa shape index (κ1) is 18.4. The van der Waals surface area contributed by atoms with Crippen molar-refractivity contribution >= 4 is 17.7 Å². The molecule has 2 rings (SSSR count). The molecule has 0 saturated carbocycles. The topological polar surface area (TPSA) is 79.5 Å². The fourth-order valence-electron chi connectivity index (χ4n) is 2.77. The first-order chi connectivity index (χ1) is 11.8. The van der Waals surface area contributed by atoms with Gasteiger partial charge in [0, 0.05) is 23.9 Å². The zero-order valence-corrected chi connectivity index (χ0v) is 15.0. The Morgan fingerprint density at radius 3 is 2.28 bits per heavy atom. The molecule has 1 atom stereocenters. The van der Waals surface area contributed by atoms with Crippen molar-refractivity contribution in [1.82, 2.24) is 9.88 Å². The van der Waals surface area contributed by atoms with Crippen molar-refractivity contribution in [2.45, 2.75) is 26.8 Å². The summed E-state index contributed by atoms with van der Waals surface area (Å²) in [5, 5.41) is 0. The molecule has 6 nitrogen and oxygen atoms in total. The summed E-state index contributed by atoms with van der Waals surface area (Å²) in [6.45, 7) is 5.08. The number of nitrogens with one attached hydrogen (secondary N) is 1. The number of carbonyl (C=O) groups excluding carboxylic acids is 3. The van der Waals surface area contributed by atoms with Crippen LogP contribution in [0.1, 0.15) is 49.4 Å². The maximum Gasteiger partial charge on any atom is 0.354 e. The minimum Gasteiger partial charge on any atom is -0.464 e. The minimum absolute atomic E-state index is 0.229. The van der Waals surface area contributed by atoms with E-state index in [0.29, 0.717) is 22.4 Å². The third-order valence-corrected chi connectivity index (χ3v) is 4.37. The number of aryl methyl sites for hydroxylation is 1. The highest BCUT2D eigenvalue weighted by molar-refractivity contribution is 6.07. The molecule has 1 amide bonds. The summed E-state index contributed by atoms with van der Waals surface area (Å²) in [5.74, 6) is -0.991. The standard InChI is InChI=1S/C19H22N2O4/c1-11-15(12(2)20-16(11)19(24)25-5)17(22)13(3)21(4)18(23)14-9-7-6-8-10-14/h6-10,13,20H,1-5H3. The molecule has 0 aliphatic carbocycles. The lowest BCUT2D eigenvalue weighted by atomic mass is 9.99. The average Bonchev–Trinajstić information content (AvgIpc) is 2.93. The zero-order valence-electron chi connectivity index (χ0n) is 15.0. The van der Waals surface area contributed by atoms with Gasteiger partial charge in [-0.05, 0) is 38.5 Å². The van der Waals surface area contributed by atoms with E-state index >= 15 is 0 Å². The van der Waals surface area contributed by atoms with Crippen LogP contribution in [0.4, 0.5) is 0 Å². The Morgan fingerprint density at radius 1 is 1.12 bits per heavy atom. The number of likely N-dealkylation sites (N-methyl/N-ethyl adjacent to an activating group) is 1. The van der Waals surface area contributed by atoms with E-state index in [1.807, 2.05) is 6.07 Å². The molecule has 1 aromatic heterocycles. The van der Waals surface area contributed by atoms with Gasteiger partial charge in [0.05, 0.1) is 13.2 Å². The number of rotatable bonds is 5. The number of hydrogen-bond donors (Lipinski definition) is 1. The van der Waals surface area contributed by atoms with Crippen LogP contribution in [0.2, 0.25) is 0 Å². The van der Waals surface area contributed by atoms with Crippen molar-refractivity contribution in [1.29, 1.82) is 0 Å². The first-order valence-corrected chi connectivity index (χ1v) is 7.93. The molecule has 132 valence electrons. The van der Waals surface area contributed by atoms with Gasteiger partial charge in [0.25, 0.3) is 5.91 Å². The van der Waals surface area contributed by atoms with Gasteiger partial charge in [0.2, 0.25) is 0 Å². The largest absolute Gasteiger partial charge is 0.464 e. The molecule has 0 fully saturated rings. The van der Waals surface area contributed by atoms with Gasteiger partial charge >= 0.3 is 5.97 Å². The molecule has 0 aliphatic heterocycles. The quantitative estimate of drug-likeness (QED) is 0.669. The van der Waals surface area contributed by atoms with E-state index in [1.165, 1.54) is 12.0 Å². The van der Waals surface area contributed by atoms with Gasteiger partial charge in [-0.15, -0.1) is 0 Å². The molecule has 1 unspecified atom stereocenters. The van der Waals surface area contributed by atoms with E-state index in [9.17, 15) is 14.4 Å². The summed E-state index contributed by atoms with van der Waals surface area (Å²) in [4.78, 5) is 41.6. The lowest BCUT2D eigenvalue weighted by Crippen LogP contribution is -2.40. The van der Waals surface area contributed by atoms with Crippen LogP contribution in [-0.2, 0) is 4.74 Å². The predicted molar refractivity (Wildman–Crippen MR) is 93.9 cm³/mol. The molecule has 0 saturated heterocycles. The molecule has 0 radical (unpaired) electrons. The monoisotopic (exact) mass is 342 g/mol. The van der Waals surface area contributed by atoms with Gasteiger partial charge in [-0.3, -0.25) is 9.59 Å². The van der Waals surface area contributed by atoms with Gasteiger partial charge in [0.1, 0.15) is 5.69 Å². The molecule has 1 N–H and O–H groups in total. The van der Waals surface area contributed by atoms with Crippen LogP contribution in [0.15, 0.2) is 30.3 Å². The summed E-state index contributed by atoms with van der Waals surface area (Å²) in [6.07, 6.45) is 0. The number of aromatic amines is 1. The number of benzene rings is 1. The minimum atomic E-state index is -0.675. The van der Waals surface area contributed by atoms with E-state index < -0.39 is 12.0 Å². The van der Waals surface area contributed by atoms with Crippen molar-refractivity contribution in [3.8, 4) is 0 Å². The van der Waals surface area contributed by atoms with Crippen LogP contribution in [0.3, 0.4) is 0 Å². The lowest BCUT2D eigenvalue weighted by molar-refractivity contribution is 0.0593. The molecule has 0 aliphatic rings. The summed E-state index contributed by atoms with van der Waals surface area (Å²) in [7, 11) is 2.88. The Morgan fingerprint density at radius 2 is 1.72 bits per heavy atom. The smallest absolute Gasteiger partial charge is 0.354 e. The number of ketones is 1. The summed E-state index contributed by atoms with van der Waals surface area (Å²) in [6, 6.07) is 8.11. The van der Waals surface area contributed by atoms with Gasteiger partial charge in [-0.2, -0.15) is 0 Å². The highest BCUT2D eigenvalue weighted by Gasteiger charge is 2.29. The molecule has 1 heterocycles. The molecule has 0 spiro atoms. The number of amides is 1.